The highest BCUT2D eigenvalue weighted by Gasteiger charge is 2.15. The van der Waals surface area contributed by atoms with E-state index in [9.17, 15) is 20.4 Å². The summed E-state index contributed by atoms with van der Waals surface area (Å²) in [5.74, 6) is 0.517. The van der Waals surface area contributed by atoms with Crippen molar-refractivity contribution >= 4 is 33.5 Å². The summed E-state index contributed by atoms with van der Waals surface area (Å²) < 4.78 is 0. The molecule has 0 aromatic heterocycles. The maximum Gasteiger partial charge on any atom is 0.141 e. The second-order valence-electron chi connectivity index (χ2n) is 10.1. The minimum absolute atomic E-state index is 0.0290. The maximum absolute atomic E-state index is 10.7. The van der Waals surface area contributed by atoms with Gasteiger partial charge in [0, 0.05) is 35.0 Å². The summed E-state index contributed by atoms with van der Waals surface area (Å²) in [6, 6.07) is 17.1. The van der Waals surface area contributed by atoms with Crippen LogP contribution >= 0.6 is 0 Å². The highest BCUT2D eigenvalue weighted by molar-refractivity contribution is 6.05. The molecule has 4 aromatic rings. The average Bonchev–Trinajstić information content (AvgIpc) is 3.00. The molecule has 4 rings (SSSR count). The first-order valence-corrected chi connectivity index (χ1v) is 14.4. The molecule has 0 atom stereocenters. The van der Waals surface area contributed by atoms with Gasteiger partial charge in [-0.25, -0.2) is 0 Å². The normalized spacial score (nSPS) is 11.3. The fourth-order valence-corrected chi connectivity index (χ4v) is 4.87. The van der Waals surface area contributed by atoms with E-state index in [0.29, 0.717) is 35.2 Å². The van der Waals surface area contributed by atoms with Crippen LogP contribution in [0, 0.1) is 0 Å². The SMILES string of the molecule is CCN(CC)Cc1cc(NNc2c(O)ccc3c(NNc4ccc(O)c(CN(CC)CC)c4)c(O)ccc23)ccc1O. The summed E-state index contributed by atoms with van der Waals surface area (Å²) in [4.78, 5) is 4.42. The minimum atomic E-state index is 0.0290. The fraction of sp³-hybridized carbons (Fsp3) is 0.312. The standard InChI is InChI=1S/C32H42N6O4/c1-5-37(6-2)19-21-17-23(9-13-27(21)39)33-35-31-25-11-16-30(42)32(26(25)12-15-29(31)41)36-34-24-10-14-28(40)22(18-24)20-38(7-3)8-4/h9-18,33-36,39-42H,5-8,19-20H2,1-4H3. The van der Waals surface area contributed by atoms with Crippen LogP contribution < -0.4 is 21.7 Å². The van der Waals surface area contributed by atoms with Gasteiger partial charge in [-0.2, -0.15) is 0 Å². The molecule has 0 saturated carbocycles. The smallest absolute Gasteiger partial charge is 0.141 e. The molecule has 224 valence electrons. The highest BCUT2D eigenvalue weighted by Crippen LogP contribution is 2.40. The minimum Gasteiger partial charge on any atom is -0.508 e. The molecule has 0 fully saturated rings. The van der Waals surface area contributed by atoms with Crippen LogP contribution in [0.15, 0.2) is 60.7 Å². The van der Waals surface area contributed by atoms with Crippen molar-refractivity contribution < 1.29 is 20.4 Å². The van der Waals surface area contributed by atoms with E-state index in [4.69, 9.17) is 0 Å². The molecule has 0 aliphatic carbocycles. The summed E-state index contributed by atoms with van der Waals surface area (Å²) >= 11 is 0. The Morgan fingerprint density at radius 3 is 1.19 bits per heavy atom. The third-order valence-electron chi connectivity index (χ3n) is 7.56. The van der Waals surface area contributed by atoms with E-state index >= 15 is 0 Å². The fourth-order valence-electron chi connectivity index (χ4n) is 4.87. The Bertz CT molecular complexity index is 1390. The molecule has 0 unspecified atom stereocenters. The lowest BCUT2D eigenvalue weighted by Crippen LogP contribution is -2.22. The van der Waals surface area contributed by atoms with E-state index in [2.05, 4.69) is 59.2 Å². The molecule has 4 aromatic carbocycles. The quantitative estimate of drug-likeness (QED) is 0.0498. The predicted molar refractivity (Wildman–Crippen MR) is 171 cm³/mol. The van der Waals surface area contributed by atoms with Gasteiger partial charge in [0.15, 0.2) is 0 Å². The Hall–Kier alpha value is -4.54. The number of fused-ring (bicyclic) bond motifs is 1. The first-order chi connectivity index (χ1) is 20.3. The molecule has 0 radical (unpaired) electrons. The van der Waals surface area contributed by atoms with Crippen LogP contribution in [-0.2, 0) is 13.1 Å². The highest BCUT2D eigenvalue weighted by atomic mass is 16.3. The van der Waals surface area contributed by atoms with Crippen molar-refractivity contribution in [3.05, 3.63) is 71.8 Å². The van der Waals surface area contributed by atoms with Crippen LogP contribution in [0.25, 0.3) is 10.8 Å². The van der Waals surface area contributed by atoms with Crippen LogP contribution in [0.3, 0.4) is 0 Å². The maximum atomic E-state index is 10.7. The van der Waals surface area contributed by atoms with E-state index in [-0.39, 0.29) is 23.0 Å². The number of hydrazine groups is 2. The van der Waals surface area contributed by atoms with Gasteiger partial charge >= 0.3 is 0 Å². The number of benzene rings is 4. The molecule has 0 spiro atoms. The Balaban J connectivity index is 1.56. The van der Waals surface area contributed by atoms with E-state index in [0.717, 1.165) is 48.7 Å². The van der Waals surface area contributed by atoms with Crippen LogP contribution in [0.1, 0.15) is 38.8 Å². The number of hydrogen-bond donors (Lipinski definition) is 8. The molecule has 0 aliphatic rings. The molecule has 0 amide bonds. The van der Waals surface area contributed by atoms with Gasteiger partial charge in [0.05, 0.1) is 11.4 Å². The first-order valence-electron chi connectivity index (χ1n) is 14.4. The molecule has 8 N–H and O–H groups in total. The topological polar surface area (TPSA) is 136 Å². The lowest BCUT2D eigenvalue weighted by molar-refractivity contribution is 0.291. The molecule has 10 nitrogen and oxygen atoms in total. The zero-order valence-corrected chi connectivity index (χ0v) is 24.7. The second kappa shape index (κ2) is 13.9. The Kier molecular flexibility index (Phi) is 10.1. The zero-order chi connectivity index (χ0) is 30.2. The largest absolute Gasteiger partial charge is 0.508 e. The molecule has 10 heteroatoms. The van der Waals surface area contributed by atoms with Crippen LogP contribution in [-0.4, -0.2) is 56.4 Å². The van der Waals surface area contributed by atoms with Gasteiger partial charge in [0.25, 0.3) is 0 Å². The Morgan fingerprint density at radius 2 is 0.833 bits per heavy atom. The summed E-state index contributed by atoms with van der Waals surface area (Å²) in [6.07, 6.45) is 0. The van der Waals surface area contributed by atoms with Gasteiger partial charge in [0.1, 0.15) is 34.4 Å². The Labute approximate surface area is 247 Å². The van der Waals surface area contributed by atoms with Crippen LogP contribution in [0.5, 0.6) is 23.0 Å². The van der Waals surface area contributed by atoms with Crippen molar-refractivity contribution in [2.24, 2.45) is 0 Å². The predicted octanol–water partition coefficient (Wildman–Crippen LogP) is 6.22. The molecule has 42 heavy (non-hydrogen) atoms. The van der Waals surface area contributed by atoms with E-state index < -0.39 is 0 Å². The van der Waals surface area contributed by atoms with Crippen molar-refractivity contribution in [2.75, 3.05) is 47.9 Å². The van der Waals surface area contributed by atoms with Gasteiger partial charge < -0.3 is 31.3 Å². The lowest BCUT2D eigenvalue weighted by Gasteiger charge is -2.21. The zero-order valence-electron chi connectivity index (χ0n) is 24.7. The van der Waals surface area contributed by atoms with E-state index in [1.165, 1.54) is 0 Å². The van der Waals surface area contributed by atoms with Gasteiger partial charge in [-0.05, 0) is 86.8 Å². The van der Waals surface area contributed by atoms with Gasteiger partial charge in [-0.1, -0.05) is 27.7 Å². The number of nitrogens with zero attached hydrogens (tertiary/aromatic N) is 2. The molecule has 0 bridgehead atoms. The van der Waals surface area contributed by atoms with Crippen molar-refractivity contribution in [1.82, 2.24) is 9.80 Å². The first kappa shape index (κ1) is 30.4. The second-order valence-corrected chi connectivity index (χ2v) is 10.1. The molecular formula is C32H42N6O4. The summed E-state index contributed by atoms with van der Waals surface area (Å²) in [6.45, 7) is 13.1. The molecule has 0 saturated heterocycles. The number of hydrogen-bond acceptors (Lipinski definition) is 10. The monoisotopic (exact) mass is 574 g/mol. The third-order valence-corrected chi connectivity index (χ3v) is 7.56. The van der Waals surface area contributed by atoms with Crippen LogP contribution in [0.4, 0.5) is 22.7 Å². The number of anilines is 4. The summed E-state index contributed by atoms with van der Waals surface area (Å²) in [5.41, 5.74) is 16.4. The van der Waals surface area contributed by atoms with Crippen LogP contribution in [0.2, 0.25) is 0 Å². The number of phenolic OH excluding ortho intramolecular Hbond substituents is 4. The molecule has 0 heterocycles. The van der Waals surface area contributed by atoms with Crippen molar-refractivity contribution in [2.45, 2.75) is 40.8 Å². The number of phenols is 4. The average molecular weight is 575 g/mol. The lowest BCUT2D eigenvalue weighted by atomic mass is 10.1. The number of nitrogens with one attached hydrogen (secondary N) is 4. The van der Waals surface area contributed by atoms with Gasteiger partial charge in [0.2, 0.25) is 0 Å². The molecular weight excluding hydrogens is 532 g/mol. The van der Waals surface area contributed by atoms with Crippen molar-refractivity contribution in [3.63, 3.8) is 0 Å². The van der Waals surface area contributed by atoms with Gasteiger partial charge in [-0.3, -0.25) is 20.7 Å². The van der Waals surface area contributed by atoms with Crippen molar-refractivity contribution in [1.29, 1.82) is 0 Å². The van der Waals surface area contributed by atoms with E-state index in [1.807, 2.05) is 12.1 Å². The Morgan fingerprint density at radius 1 is 0.476 bits per heavy atom. The van der Waals surface area contributed by atoms with Crippen molar-refractivity contribution in [3.8, 4) is 23.0 Å². The third kappa shape index (κ3) is 7.02. The number of rotatable bonds is 14. The van der Waals surface area contributed by atoms with E-state index in [1.54, 1.807) is 48.5 Å². The summed E-state index contributed by atoms with van der Waals surface area (Å²) in [7, 11) is 0. The molecule has 0 aliphatic heterocycles. The summed E-state index contributed by atoms with van der Waals surface area (Å²) in [5, 5.41) is 43.5. The number of aromatic hydroxyl groups is 4. The van der Waals surface area contributed by atoms with Gasteiger partial charge in [-0.15, -0.1) is 0 Å².